The summed E-state index contributed by atoms with van der Waals surface area (Å²) in [5.74, 6) is 0.590. The van der Waals surface area contributed by atoms with Crippen LogP contribution in [0.15, 0.2) is 30.3 Å². The highest BCUT2D eigenvalue weighted by molar-refractivity contribution is 5.88. The van der Waals surface area contributed by atoms with E-state index in [4.69, 9.17) is 4.74 Å². The van der Waals surface area contributed by atoms with E-state index in [1.54, 1.807) is 0 Å². The van der Waals surface area contributed by atoms with Crippen molar-refractivity contribution >= 4 is 11.8 Å². The monoisotopic (exact) mass is 340 g/mol. The van der Waals surface area contributed by atoms with E-state index in [9.17, 15) is 4.79 Å². The normalized spacial score (nSPS) is 22.7. The topological polar surface area (TPSA) is 59.4 Å². The van der Waals surface area contributed by atoms with Gasteiger partial charge in [0.1, 0.15) is 0 Å². The number of amides is 2. The maximum Gasteiger partial charge on any atom is 0.323 e. The van der Waals surface area contributed by atoms with Crippen LogP contribution in [0.25, 0.3) is 5.69 Å². The molecule has 1 aromatic carbocycles. The van der Waals surface area contributed by atoms with E-state index < -0.39 is 0 Å². The van der Waals surface area contributed by atoms with Crippen molar-refractivity contribution in [3.63, 3.8) is 0 Å². The molecule has 25 heavy (non-hydrogen) atoms. The molecule has 2 amide bonds. The van der Waals surface area contributed by atoms with Crippen molar-refractivity contribution in [3.8, 4) is 5.69 Å². The SMILES string of the molecule is Cc1ccc(-n2nc(NC(=O)N3CCC4(CCOC4)C3)cc2C)cc1. The predicted molar refractivity (Wildman–Crippen MR) is 96.1 cm³/mol. The number of aromatic nitrogens is 2. The first kappa shape index (κ1) is 16.1. The van der Waals surface area contributed by atoms with Crippen LogP contribution in [0.4, 0.5) is 10.6 Å². The Morgan fingerprint density at radius 3 is 2.76 bits per heavy atom. The molecule has 0 saturated carbocycles. The number of hydrogen-bond donors (Lipinski definition) is 1. The van der Waals surface area contributed by atoms with Gasteiger partial charge in [0.2, 0.25) is 0 Å². The molecule has 2 aliphatic heterocycles. The van der Waals surface area contributed by atoms with Gasteiger partial charge < -0.3 is 9.64 Å². The second-order valence-electron chi connectivity index (χ2n) is 7.32. The van der Waals surface area contributed by atoms with Crippen molar-refractivity contribution in [1.82, 2.24) is 14.7 Å². The lowest BCUT2D eigenvalue weighted by Crippen LogP contribution is -2.35. The van der Waals surface area contributed by atoms with E-state index in [-0.39, 0.29) is 11.4 Å². The number of nitrogens with zero attached hydrogens (tertiary/aromatic N) is 3. The molecule has 1 atom stereocenters. The fourth-order valence-electron chi connectivity index (χ4n) is 3.75. The zero-order chi connectivity index (χ0) is 17.4. The molecule has 0 radical (unpaired) electrons. The van der Waals surface area contributed by atoms with Gasteiger partial charge in [-0.2, -0.15) is 0 Å². The number of likely N-dealkylation sites (tertiary alicyclic amines) is 1. The molecule has 1 unspecified atom stereocenters. The zero-order valence-electron chi connectivity index (χ0n) is 14.8. The van der Waals surface area contributed by atoms with Gasteiger partial charge in [0.05, 0.1) is 12.3 Å². The van der Waals surface area contributed by atoms with Crippen LogP contribution in [-0.2, 0) is 4.74 Å². The van der Waals surface area contributed by atoms with E-state index in [2.05, 4.69) is 29.5 Å². The summed E-state index contributed by atoms with van der Waals surface area (Å²) in [6.45, 7) is 7.20. The number of ether oxygens (including phenoxy) is 1. The summed E-state index contributed by atoms with van der Waals surface area (Å²) in [7, 11) is 0. The molecule has 0 bridgehead atoms. The van der Waals surface area contributed by atoms with Crippen LogP contribution in [0, 0.1) is 19.3 Å². The Hall–Kier alpha value is -2.34. The van der Waals surface area contributed by atoms with Gasteiger partial charge in [-0.1, -0.05) is 17.7 Å². The van der Waals surface area contributed by atoms with Crippen LogP contribution >= 0.6 is 0 Å². The van der Waals surface area contributed by atoms with Crippen molar-refractivity contribution in [1.29, 1.82) is 0 Å². The minimum absolute atomic E-state index is 0.0719. The zero-order valence-corrected chi connectivity index (χ0v) is 14.8. The van der Waals surface area contributed by atoms with E-state index >= 15 is 0 Å². The minimum Gasteiger partial charge on any atom is -0.381 e. The summed E-state index contributed by atoms with van der Waals surface area (Å²) in [6.07, 6.45) is 2.08. The summed E-state index contributed by atoms with van der Waals surface area (Å²) in [5.41, 5.74) is 3.36. The van der Waals surface area contributed by atoms with Crippen LogP contribution in [0.1, 0.15) is 24.1 Å². The summed E-state index contributed by atoms with van der Waals surface area (Å²) >= 11 is 0. The Morgan fingerprint density at radius 2 is 2.04 bits per heavy atom. The lowest BCUT2D eigenvalue weighted by Gasteiger charge is -2.21. The van der Waals surface area contributed by atoms with Gasteiger partial charge in [-0.15, -0.1) is 5.10 Å². The number of urea groups is 1. The van der Waals surface area contributed by atoms with Gasteiger partial charge in [0.15, 0.2) is 5.82 Å². The van der Waals surface area contributed by atoms with Crippen molar-refractivity contribution in [2.75, 3.05) is 31.6 Å². The molecule has 6 nitrogen and oxygen atoms in total. The smallest absolute Gasteiger partial charge is 0.323 e. The van der Waals surface area contributed by atoms with E-state index in [1.165, 1.54) is 5.56 Å². The van der Waals surface area contributed by atoms with Gasteiger partial charge in [0, 0.05) is 36.9 Å². The van der Waals surface area contributed by atoms with E-state index in [0.717, 1.165) is 50.5 Å². The van der Waals surface area contributed by atoms with Crippen molar-refractivity contribution in [2.45, 2.75) is 26.7 Å². The molecular formula is C19H24N4O2. The Bertz CT molecular complexity index is 775. The molecule has 2 saturated heterocycles. The summed E-state index contributed by atoms with van der Waals surface area (Å²) < 4.78 is 7.38. The summed E-state index contributed by atoms with van der Waals surface area (Å²) in [6, 6.07) is 10.0. The number of benzene rings is 1. The molecule has 3 heterocycles. The third-order valence-electron chi connectivity index (χ3n) is 5.31. The molecule has 2 aliphatic rings. The second-order valence-corrected chi connectivity index (χ2v) is 7.32. The third-order valence-corrected chi connectivity index (χ3v) is 5.31. The number of aryl methyl sites for hydroxylation is 2. The molecule has 1 N–H and O–H groups in total. The van der Waals surface area contributed by atoms with Crippen LogP contribution in [0.3, 0.4) is 0 Å². The van der Waals surface area contributed by atoms with Crippen LogP contribution < -0.4 is 5.32 Å². The highest BCUT2D eigenvalue weighted by Crippen LogP contribution is 2.38. The van der Waals surface area contributed by atoms with Crippen LogP contribution in [0.5, 0.6) is 0 Å². The number of nitrogens with one attached hydrogen (secondary N) is 1. The third kappa shape index (κ3) is 3.14. The predicted octanol–water partition coefficient (Wildman–Crippen LogP) is 3.13. The van der Waals surface area contributed by atoms with Crippen molar-refractivity contribution < 1.29 is 9.53 Å². The molecule has 1 aromatic heterocycles. The number of hydrogen-bond acceptors (Lipinski definition) is 3. The molecule has 132 valence electrons. The first-order chi connectivity index (χ1) is 12.0. The van der Waals surface area contributed by atoms with Crippen molar-refractivity contribution in [3.05, 3.63) is 41.6 Å². The molecule has 2 aromatic rings. The standard InChI is InChI=1S/C19H24N4O2/c1-14-3-5-16(6-4-14)23-15(2)11-17(21-23)20-18(24)22-9-7-19(12-22)8-10-25-13-19/h3-6,11H,7-10,12-13H2,1-2H3,(H,20,21,24). The molecule has 0 aliphatic carbocycles. The number of carbonyl (C=O) groups excluding carboxylic acids is 1. The summed E-state index contributed by atoms with van der Waals surface area (Å²) in [4.78, 5) is 14.5. The van der Waals surface area contributed by atoms with Crippen LogP contribution in [-0.4, -0.2) is 47.0 Å². The molecule has 1 spiro atoms. The number of anilines is 1. The Balaban J connectivity index is 1.45. The minimum atomic E-state index is -0.0719. The van der Waals surface area contributed by atoms with Crippen LogP contribution in [0.2, 0.25) is 0 Å². The average Bonchev–Trinajstić information content (AvgIpc) is 3.31. The maximum absolute atomic E-state index is 12.6. The molecular weight excluding hydrogens is 316 g/mol. The second kappa shape index (κ2) is 6.19. The first-order valence-electron chi connectivity index (χ1n) is 8.82. The van der Waals surface area contributed by atoms with Gasteiger partial charge in [-0.3, -0.25) is 5.32 Å². The molecule has 2 fully saturated rings. The largest absolute Gasteiger partial charge is 0.381 e. The molecule has 4 rings (SSSR count). The quantitative estimate of drug-likeness (QED) is 0.914. The first-order valence-corrected chi connectivity index (χ1v) is 8.82. The van der Waals surface area contributed by atoms with Gasteiger partial charge >= 0.3 is 6.03 Å². The highest BCUT2D eigenvalue weighted by Gasteiger charge is 2.42. The fourth-order valence-corrected chi connectivity index (χ4v) is 3.75. The number of carbonyl (C=O) groups is 1. The Morgan fingerprint density at radius 1 is 1.24 bits per heavy atom. The fraction of sp³-hybridized carbons (Fsp3) is 0.474. The van der Waals surface area contributed by atoms with Gasteiger partial charge in [-0.05, 0) is 38.8 Å². The lowest BCUT2D eigenvalue weighted by atomic mass is 9.87. The van der Waals surface area contributed by atoms with Crippen molar-refractivity contribution in [2.24, 2.45) is 5.41 Å². The summed E-state index contributed by atoms with van der Waals surface area (Å²) in [5, 5.41) is 7.49. The Labute approximate surface area is 147 Å². The number of rotatable bonds is 2. The lowest BCUT2D eigenvalue weighted by molar-refractivity contribution is 0.154. The van der Waals surface area contributed by atoms with E-state index in [0.29, 0.717) is 5.82 Å². The van der Waals surface area contributed by atoms with Gasteiger partial charge in [-0.25, -0.2) is 9.48 Å². The maximum atomic E-state index is 12.6. The van der Waals surface area contributed by atoms with E-state index in [1.807, 2.05) is 34.7 Å². The average molecular weight is 340 g/mol. The molecule has 6 heteroatoms. The van der Waals surface area contributed by atoms with Gasteiger partial charge in [0.25, 0.3) is 0 Å². The Kier molecular flexibility index (Phi) is 4.00. The highest BCUT2D eigenvalue weighted by atomic mass is 16.5.